The largest absolute Gasteiger partial charge is 0.496 e. The lowest BCUT2D eigenvalue weighted by Gasteiger charge is -2.31. The highest BCUT2D eigenvalue weighted by Gasteiger charge is 2.24. The minimum absolute atomic E-state index is 0.137. The normalized spacial score (nSPS) is 12.6. The molecule has 0 aromatic carbocycles. The van der Waals surface area contributed by atoms with E-state index in [4.69, 9.17) is 29.2 Å². The van der Waals surface area contributed by atoms with Crippen molar-refractivity contribution in [3.63, 3.8) is 0 Å². The van der Waals surface area contributed by atoms with Crippen LogP contribution in [0.1, 0.15) is 33.6 Å². The van der Waals surface area contributed by atoms with Crippen LogP contribution >= 0.6 is 57.6 Å². The minimum Gasteiger partial charge on any atom is -0.496 e. The van der Waals surface area contributed by atoms with Crippen LogP contribution in [0.2, 0.25) is 0 Å². The number of thiol groups is 2. The average Bonchev–Trinajstić information content (AvgIpc) is 2.45. The quantitative estimate of drug-likeness (QED) is 0.141. The molecule has 0 aliphatic heterocycles. The van der Waals surface area contributed by atoms with Crippen molar-refractivity contribution >= 4 is 66.3 Å². The van der Waals surface area contributed by atoms with Crippen LogP contribution in [0, 0.1) is 5.41 Å². The monoisotopic (exact) mass is 440 g/mol. The number of nitrogens with one attached hydrogen (secondary N) is 1. The summed E-state index contributed by atoms with van der Waals surface area (Å²) < 4.78 is 7.07. The fourth-order valence-corrected chi connectivity index (χ4v) is 4.48. The first-order valence-electron chi connectivity index (χ1n) is 8.36. The van der Waals surface area contributed by atoms with E-state index in [9.17, 15) is 0 Å². The van der Waals surface area contributed by atoms with Crippen LogP contribution in [-0.2, 0) is 4.74 Å². The first kappa shape index (κ1) is 25.4. The van der Waals surface area contributed by atoms with E-state index in [2.05, 4.69) is 71.3 Å². The molecule has 0 amide bonds. The van der Waals surface area contributed by atoms with Crippen molar-refractivity contribution in [2.45, 2.75) is 39.3 Å². The smallest absolute Gasteiger partial charge is 0.133 e. The fraction of sp³-hybridized carbons (Fsp3) is 0.765. The van der Waals surface area contributed by atoms with Crippen molar-refractivity contribution < 1.29 is 4.74 Å². The highest BCUT2D eigenvalue weighted by molar-refractivity contribution is 8.11. The lowest BCUT2D eigenvalue weighted by molar-refractivity contribution is 0.177. The van der Waals surface area contributed by atoms with Crippen molar-refractivity contribution in [1.29, 1.82) is 0 Å². The highest BCUT2D eigenvalue weighted by atomic mass is 32.1. The Kier molecular flexibility index (Phi) is 13.0. The van der Waals surface area contributed by atoms with Gasteiger partial charge < -0.3 is 15.0 Å². The molecule has 0 spiro atoms. The third-order valence-electron chi connectivity index (χ3n) is 3.60. The van der Waals surface area contributed by atoms with E-state index in [1.807, 2.05) is 4.90 Å². The summed E-state index contributed by atoms with van der Waals surface area (Å²) in [6.45, 7) is 18.4. The summed E-state index contributed by atoms with van der Waals surface area (Å²) in [5.41, 5.74) is 0.690. The van der Waals surface area contributed by atoms with Crippen LogP contribution in [0.5, 0.6) is 0 Å². The summed E-state index contributed by atoms with van der Waals surface area (Å²) in [6, 6.07) is 0. The zero-order valence-corrected chi connectivity index (χ0v) is 20.4. The highest BCUT2D eigenvalue weighted by Crippen LogP contribution is 2.43. The Hall–Kier alpha value is 0.450. The number of allylic oxidation sites excluding steroid dienone is 1. The molecule has 0 aliphatic carbocycles. The van der Waals surface area contributed by atoms with Crippen LogP contribution in [0.25, 0.3) is 0 Å². The van der Waals surface area contributed by atoms with E-state index in [1.54, 1.807) is 0 Å². The van der Waals surface area contributed by atoms with Crippen molar-refractivity contribution in [2.75, 3.05) is 39.6 Å². The zero-order valence-electron chi connectivity index (χ0n) is 16.0. The lowest BCUT2D eigenvalue weighted by atomic mass is 9.90. The first-order valence-corrected chi connectivity index (χ1v) is 12.4. The van der Waals surface area contributed by atoms with Crippen LogP contribution in [-0.4, -0.2) is 58.8 Å². The van der Waals surface area contributed by atoms with E-state index in [1.165, 1.54) is 0 Å². The van der Waals surface area contributed by atoms with Gasteiger partial charge in [0.05, 0.1) is 12.3 Å². The van der Waals surface area contributed by atoms with Gasteiger partial charge in [-0.05, 0) is 31.6 Å². The van der Waals surface area contributed by atoms with Gasteiger partial charge in [0, 0.05) is 18.7 Å². The van der Waals surface area contributed by atoms with Crippen molar-refractivity contribution in [1.82, 2.24) is 10.2 Å². The van der Waals surface area contributed by atoms with Gasteiger partial charge in [0.2, 0.25) is 0 Å². The molecule has 0 radical (unpaired) electrons. The molecule has 25 heavy (non-hydrogen) atoms. The second-order valence-electron chi connectivity index (χ2n) is 7.41. The van der Waals surface area contributed by atoms with Gasteiger partial charge in [0.25, 0.3) is 0 Å². The Balaban J connectivity index is 4.38. The second kappa shape index (κ2) is 12.8. The Morgan fingerprint density at radius 2 is 1.84 bits per heavy atom. The zero-order chi connectivity index (χ0) is 19.6. The molecular weight excluding hydrogens is 407 g/mol. The summed E-state index contributed by atoms with van der Waals surface area (Å²) in [6.07, 6.45) is 2.00. The van der Waals surface area contributed by atoms with Crippen molar-refractivity contribution in [3.8, 4) is 0 Å². The molecule has 0 aromatic rings. The lowest BCUT2D eigenvalue weighted by Crippen LogP contribution is -2.33. The third-order valence-corrected chi connectivity index (χ3v) is 6.16. The summed E-state index contributed by atoms with van der Waals surface area (Å²) in [4.78, 5) is 2.04. The molecule has 8 heteroatoms. The molecule has 0 heterocycles. The van der Waals surface area contributed by atoms with Gasteiger partial charge in [-0.2, -0.15) is 0 Å². The fourth-order valence-electron chi connectivity index (χ4n) is 2.32. The van der Waals surface area contributed by atoms with E-state index in [-0.39, 0.29) is 13.3 Å². The molecule has 0 saturated carbocycles. The van der Waals surface area contributed by atoms with Crippen LogP contribution in [0.3, 0.4) is 0 Å². The standard InChI is InChI=1S/C17H33N2OPS4/c1-13(14(21(5)6)12-17(2,3)4)20-11-10-19(16(24)25)9-7-8-18-15(22)23/h14H,1,7-12H2,2-6H3,(H,24,25)(H2,18,22,23). The number of thiocarbonyl (C=S) groups is 2. The summed E-state index contributed by atoms with van der Waals surface area (Å²) in [7, 11) is -0.137. The summed E-state index contributed by atoms with van der Waals surface area (Å²) in [5.74, 6) is 0.901. The Morgan fingerprint density at radius 3 is 2.28 bits per heavy atom. The summed E-state index contributed by atoms with van der Waals surface area (Å²) in [5, 5.41) is 3.02. The third kappa shape index (κ3) is 13.3. The number of hydrogen-bond acceptors (Lipinski definition) is 3. The van der Waals surface area contributed by atoms with Gasteiger partial charge in [-0.15, -0.1) is 33.2 Å². The molecule has 146 valence electrons. The molecule has 0 aromatic heterocycles. The summed E-state index contributed by atoms with van der Waals surface area (Å²) >= 11 is 18.5. The predicted molar refractivity (Wildman–Crippen MR) is 129 cm³/mol. The molecule has 1 N–H and O–H groups in total. The van der Waals surface area contributed by atoms with Gasteiger partial charge >= 0.3 is 0 Å². The molecular formula is C17H33N2OPS4. The first-order chi connectivity index (χ1) is 11.4. The maximum Gasteiger partial charge on any atom is 0.133 e. The predicted octanol–water partition coefficient (Wildman–Crippen LogP) is 4.77. The maximum absolute atomic E-state index is 5.97. The SMILES string of the molecule is C=C(OCCN(CCCNC(=S)S)C(=S)S)C(CC(C)(C)C)P(C)C. The molecule has 0 rings (SSSR count). The van der Waals surface area contributed by atoms with Gasteiger partial charge in [-0.25, -0.2) is 0 Å². The van der Waals surface area contributed by atoms with E-state index in [0.717, 1.165) is 31.7 Å². The topological polar surface area (TPSA) is 24.5 Å². The Bertz CT molecular complexity index is 452. The average molecular weight is 441 g/mol. The molecule has 1 atom stereocenters. The van der Waals surface area contributed by atoms with E-state index >= 15 is 0 Å². The van der Waals surface area contributed by atoms with Gasteiger partial charge in [0.15, 0.2) is 0 Å². The number of nitrogens with zero attached hydrogens (tertiary/aromatic N) is 1. The van der Waals surface area contributed by atoms with Crippen molar-refractivity contribution in [3.05, 3.63) is 12.3 Å². The molecule has 3 nitrogen and oxygen atoms in total. The molecule has 0 saturated heterocycles. The van der Waals surface area contributed by atoms with Gasteiger partial charge in [-0.3, -0.25) is 0 Å². The molecule has 0 aliphatic rings. The van der Waals surface area contributed by atoms with Crippen LogP contribution in [0.15, 0.2) is 12.3 Å². The van der Waals surface area contributed by atoms with Crippen molar-refractivity contribution in [2.24, 2.45) is 5.41 Å². The van der Waals surface area contributed by atoms with Crippen LogP contribution < -0.4 is 5.32 Å². The minimum atomic E-state index is -0.137. The van der Waals surface area contributed by atoms with Gasteiger partial charge in [-0.1, -0.05) is 51.8 Å². The molecule has 0 fully saturated rings. The molecule has 1 unspecified atom stereocenters. The van der Waals surface area contributed by atoms with Gasteiger partial charge in [0.1, 0.15) is 15.2 Å². The number of rotatable bonds is 11. The second-order valence-corrected chi connectivity index (χ2v) is 12.2. The Labute approximate surface area is 177 Å². The number of hydrogen-bond donors (Lipinski definition) is 3. The van der Waals surface area contributed by atoms with Crippen LogP contribution in [0.4, 0.5) is 0 Å². The van der Waals surface area contributed by atoms with E-state index < -0.39 is 0 Å². The maximum atomic E-state index is 5.97. The number of ether oxygens (including phenoxy) is 1. The Morgan fingerprint density at radius 1 is 1.24 bits per heavy atom. The molecule has 0 bridgehead atoms. The van der Waals surface area contributed by atoms with E-state index in [0.29, 0.717) is 27.5 Å².